The molecule has 5 heteroatoms. The highest BCUT2D eigenvalue weighted by molar-refractivity contribution is 5.78. The van der Waals surface area contributed by atoms with Gasteiger partial charge >= 0.3 is 0 Å². The van der Waals surface area contributed by atoms with Gasteiger partial charge < -0.3 is 10.2 Å². The zero-order valence-electron chi connectivity index (χ0n) is 17.6. The van der Waals surface area contributed by atoms with E-state index in [9.17, 15) is 4.79 Å². The van der Waals surface area contributed by atoms with E-state index in [1.165, 1.54) is 38.0 Å². The molecule has 1 atom stereocenters. The first-order valence-electron chi connectivity index (χ1n) is 10.9. The number of amides is 1. The summed E-state index contributed by atoms with van der Waals surface area (Å²) < 4.78 is 0. The van der Waals surface area contributed by atoms with E-state index in [1.807, 2.05) is 18.2 Å². The van der Waals surface area contributed by atoms with Crippen molar-refractivity contribution in [3.8, 4) is 0 Å². The summed E-state index contributed by atoms with van der Waals surface area (Å²) in [5.74, 6) is 0.308. The minimum absolute atomic E-state index is 0.119. The Kier molecular flexibility index (Phi) is 8.04. The van der Waals surface area contributed by atoms with Crippen LogP contribution in [0.25, 0.3) is 0 Å². The Morgan fingerprint density at radius 3 is 2.75 bits per heavy atom. The molecule has 0 radical (unpaired) electrons. The molecule has 2 fully saturated rings. The fourth-order valence-corrected chi connectivity index (χ4v) is 4.42. The number of carbonyl (C=O) groups excluding carboxylic acids is 1. The standard InChI is InChI=1S/C23H36N4O/c1-19(2)7-5-13-26-15-10-22(11-16-26)27-14-6-8-20(18-27)23(28)25-17-21-9-3-4-12-24-21/h3-4,7,9,12,20,22H,5-6,8,10-11,13-18H2,1-2H3,(H,25,28)/t20-/m1/s1. The second-order valence-electron chi connectivity index (χ2n) is 8.52. The first kappa shape index (κ1) is 21.0. The molecule has 0 unspecified atom stereocenters. The second-order valence-corrected chi connectivity index (χ2v) is 8.52. The van der Waals surface area contributed by atoms with Gasteiger partial charge in [0.1, 0.15) is 0 Å². The van der Waals surface area contributed by atoms with Gasteiger partial charge in [0.05, 0.1) is 18.2 Å². The molecular formula is C23H36N4O. The maximum absolute atomic E-state index is 12.6. The van der Waals surface area contributed by atoms with Crippen LogP contribution in [0.1, 0.15) is 51.6 Å². The number of piperidine rings is 2. The Morgan fingerprint density at radius 2 is 2.04 bits per heavy atom. The molecule has 0 bridgehead atoms. The SMILES string of the molecule is CC(C)=CCCN1CCC(N2CCC[C@@H](C(=O)NCc3ccccn3)C2)CC1. The van der Waals surface area contributed by atoms with Gasteiger partial charge in [-0.2, -0.15) is 0 Å². The van der Waals surface area contributed by atoms with Crippen LogP contribution in [0, 0.1) is 5.92 Å². The molecule has 2 saturated heterocycles. The van der Waals surface area contributed by atoms with E-state index in [0.29, 0.717) is 12.6 Å². The van der Waals surface area contributed by atoms with E-state index in [2.05, 4.69) is 40.0 Å². The van der Waals surface area contributed by atoms with E-state index in [4.69, 9.17) is 0 Å². The molecule has 2 aliphatic heterocycles. The smallest absolute Gasteiger partial charge is 0.224 e. The monoisotopic (exact) mass is 384 g/mol. The van der Waals surface area contributed by atoms with Gasteiger partial charge in [-0.15, -0.1) is 0 Å². The van der Waals surface area contributed by atoms with Crippen molar-refractivity contribution in [3.63, 3.8) is 0 Å². The molecular weight excluding hydrogens is 348 g/mol. The van der Waals surface area contributed by atoms with Gasteiger partial charge in [-0.3, -0.25) is 14.7 Å². The number of hydrogen-bond acceptors (Lipinski definition) is 4. The van der Waals surface area contributed by atoms with Crippen LogP contribution in [-0.2, 0) is 11.3 Å². The van der Waals surface area contributed by atoms with Crippen molar-refractivity contribution in [3.05, 3.63) is 41.7 Å². The lowest BCUT2D eigenvalue weighted by molar-refractivity contribution is -0.127. The summed E-state index contributed by atoms with van der Waals surface area (Å²) in [7, 11) is 0. The quantitative estimate of drug-likeness (QED) is 0.733. The van der Waals surface area contributed by atoms with Gasteiger partial charge in [0, 0.05) is 25.3 Å². The molecule has 2 aliphatic rings. The van der Waals surface area contributed by atoms with Crippen molar-refractivity contribution in [2.75, 3.05) is 32.7 Å². The summed E-state index contributed by atoms with van der Waals surface area (Å²) in [5.41, 5.74) is 2.33. The number of carbonyl (C=O) groups is 1. The van der Waals surface area contributed by atoms with Crippen molar-refractivity contribution >= 4 is 5.91 Å². The highest BCUT2D eigenvalue weighted by Crippen LogP contribution is 2.24. The maximum Gasteiger partial charge on any atom is 0.224 e. The highest BCUT2D eigenvalue weighted by atomic mass is 16.1. The van der Waals surface area contributed by atoms with Crippen LogP contribution in [-0.4, -0.2) is 59.5 Å². The third-order valence-corrected chi connectivity index (χ3v) is 6.06. The predicted octanol–water partition coefficient (Wildman–Crippen LogP) is 3.23. The Hall–Kier alpha value is -1.72. The van der Waals surface area contributed by atoms with Crippen LogP contribution in [0.4, 0.5) is 0 Å². The lowest BCUT2D eigenvalue weighted by atomic mass is 9.93. The third kappa shape index (κ3) is 6.42. The van der Waals surface area contributed by atoms with Crippen molar-refractivity contribution in [1.29, 1.82) is 0 Å². The number of rotatable bonds is 7. The number of hydrogen-bond donors (Lipinski definition) is 1. The Bertz CT molecular complexity index is 633. The number of aromatic nitrogens is 1. The van der Waals surface area contributed by atoms with Gasteiger partial charge in [0.2, 0.25) is 5.91 Å². The molecule has 28 heavy (non-hydrogen) atoms. The lowest BCUT2D eigenvalue weighted by Crippen LogP contribution is -2.50. The molecule has 1 N–H and O–H groups in total. The van der Waals surface area contributed by atoms with Crippen LogP contribution in [0.5, 0.6) is 0 Å². The Morgan fingerprint density at radius 1 is 1.21 bits per heavy atom. The topological polar surface area (TPSA) is 48.5 Å². The number of pyridine rings is 1. The predicted molar refractivity (Wildman–Crippen MR) is 114 cm³/mol. The normalized spacial score (nSPS) is 22.0. The average molecular weight is 385 g/mol. The largest absolute Gasteiger partial charge is 0.350 e. The zero-order valence-corrected chi connectivity index (χ0v) is 17.6. The minimum atomic E-state index is 0.119. The van der Waals surface area contributed by atoms with Crippen LogP contribution in [0.3, 0.4) is 0 Å². The molecule has 0 saturated carbocycles. The summed E-state index contributed by atoms with van der Waals surface area (Å²) in [4.78, 5) is 22.1. The van der Waals surface area contributed by atoms with Crippen molar-refractivity contribution in [2.24, 2.45) is 5.92 Å². The average Bonchev–Trinajstić information content (AvgIpc) is 2.73. The van der Waals surface area contributed by atoms with Gasteiger partial charge in [-0.05, 0) is 77.7 Å². The number of nitrogens with one attached hydrogen (secondary N) is 1. The summed E-state index contributed by atoms with van der Waals surface area (Å²) in [6.45, 7) is 10.5. The first-order chi connectivity index (χ1) is 13.6. The Labute approximate surface area is 170 Å². The third-order valence-electron chi connectivity index (χ3n) is 6.06. The van der Waals surface area contributed by atoms with Gasteiger partial charge in [0.25, 0.3) is 0 Å². The van der Waals surface area contributed by atoms with E-state index in [1.54, 1.807) is 6.20 Å². The molecule has 3 rings (SSSR count). The molecule has 0 aromatic carbocycles. The lowest BCUT2D eigenvalue weighted by Gasteiger charge is -2.42. The van der Waals surface area contributed by atoms with E-state index < -0.39 is 0 Å². The summed E-state index contributed by atoms with van der Waals surface area (Å²) in [6, 6.07) is 6.46. The van der Waals surface area contributed by atoms with Gasteiger partial charge in [0.15, 0.2) is 0 Å². The highest BCUT2D eigenvalue weighted by Gasteiger charge is 2.31. The maximum atomic E-state index is 12.6. The molecule has 0 aliphatic carbocycles. The van der Waals surface area contributed by atoms with Gasteiger partial charge in [-0.1, -0.05) is 17.7 Å². The number of nitrogens with zero attached hydrogens (tertiary/aromatic N) is 3. The van der Waals surface area contributed by atoms with Crippen LogP contribution < -0.4 is 5.32 Å². The van der Waals surface area contributed by atoms with Gasteiger partial charge in [-0.25, -0.2) is 0 Å². The van der Waals surface area contributed by atoms with E-state index >= 15 is 0 Å². The molecule has 1 aromatic heterocycles. The molecule has 3 heterocycles. The molecule has 0 spiro atoms. The van der Waals surface area contributed by atoms with E-state index in [0.717, 1.165) is 38.0 Å². The summed E-state index contributed by atoms with van der Waals surface area (Å²) >= 11 is 0. The van der Waals surface area contributed by atoms with Crippen LogP contribution in [0.15, 0.2) is 36.0 Å². The summed E-state index contributed by atoms with van der Waals surface area (Å²) in [6.07, 6.45) is 9.87. The zero-order chi connectivity index (χ0) is 19.8. The fraction of sp³-hybridized carbons (Fsp3) is 0.652. The Balaban J connectivity index is 1.41. The number of allylic oxidation sites excluding steroid dienone is 1. The second kappa shape index (κ2) is 10.7. The molecule has 1 aromatic rings. The van der Waals surface area contributed by atoms with Crippen molar-refractivity contribution < 1.29 is 4.79 Å². The number of likely N-dealkylation sites (tertiary alicyclic amines) is 2. The van der Waals surface area contributed by atoms with Crippen molar-refractivity contribution in [1.82, 2.24) is 20.1 Å². The van der Waals surface area contributed by atoms with Crippen LogP contribution in [0.2, 0.25) is 0 Å². The van der Waals surface area contributed by atoms with E-state index in [-0.39, 0.29) is 11.8 Å². The van der Waals surface area contributed by atoms with Crippen molar-refractivity contribution in [2.45, 2.75) is 58.5 Å². The molecule has 1 amide bonds. The molecule has 5 nitrogen and oxygen atoms in total. The summed E-state index contributed by atoms with van der Waals surface area (Å²) in [5, 5.41) is 3.09. The fourth-order valence-electron chi connectivity index (χ4n) is 4.42. The first-order valence-corrected chi connectivity index (χ1v) is 10.9. The molecule has 154 valence electrons. The minimum Gasteiger partial charge on any atom is -0.350 e. The van der Waals surface area contributed by atoms with Crippen LogP contribution >= 0.6 is 0 Å².